The Morgan fingerprint density at radius 3 is 2.60 bits per heavy atom. The molecule has 5 heterocycles. The Kier molecular flexibility index (Phi) is 7.53. The molecule has 1 aliphatic heterocycles. The molecule has 2 aromatic carbocycles. The van der Waals surface area contributed by atoms with E-state index < -0.39 is 10.0 Å². The van der Waals surface area contributed by atoms with Crippen LogP contribution in [0.2, 0.25) is 0 Å². The first kappa shape index (κ1) is 29.0. The van der Waals surface area contributed by atoms with Gasteiger partial charge >= 0.3 is 0 Å². The Labute approximate surface area is 265 Å². The third kappa shape index (κ3) is 5.44. The molecule has 0 bridgehead atoms. The van der Waals surface area contributed by atoms with Crippen LogP contribution in [0.5, 0.6) is 16.7 Å². The number of nitrogens with zero attached hydrogens (tertiary/aromatic N) is 7. The van der Waals surface area contributed by atoms with Gasteiger partial charge in [0.15, 0.2) is 10.9 Å². The van der Waals surface area contributed by atoms with Crippen LogP contribution in [-0.4, -0.2) is 72.7 Å². The van der Waals surface area contributed by atoms with E-state index in [1.807, 2.05) is 17.5 Å². The standard InChI is InChI=1S/C29H25N7O6S3/c1-39-20-11-24(22-13-26(42-25(22)12-20)23-15-31-27-36(23)33-29(40-2)44-27)41-16-19-17-43-28(32-19)34-7-9-35(10-8-34)45(37,38)21-5-3-18(14-30)4-6-21/h3-6,11-13,15,17H,7-10,16H2,1-2H3. The van der Waals surface area contributed by atoms with Gasteiger partial charge < -0.3 is 23.5 Å². The largest absolute Gasteiger partial charge is 0.496 e. The highest BCUT2D eigenvalue weighted by atomic mass is 32.2. The van der Waals surface area contributed by atoms with Crippen LogP contribution in [0.3, 0.4) is 0 Å². The second-order valence-corrected chi connectivity index (χ2v) is 13.7. The quantitative estimate of drug-likeness (QED) is 0.213. The fourth-order valence-electron chi connectivity index (χ4n) is 5.00. The highest BCUT2D eigenvalue weighted by Crippen LogP contribution is 2.38. The predicted octanol–water partition coefficient (Wildman–Crippen LogP) is 4.64. The van der Waals surface area contributed by atoms with Gasteiger partial charge in [0.05, 0.1) is 48.0 Å². The van der Waals surface area contributed by atoms with Crippen LogP contribution < -0.4 is 19.1 Å². The van der Waals surface area contributed by atoms with Crippen LogP contribution in [0.25, 0.3) is 27.4 Å². The van der Waals surface area contributed by atoms with E-state index in [9.17, 15) is 8.42 Å². The minimum Gasteiger partial charge on any atom is -0.496 e. The number of nitriles is 1. The van der Waals surface area contributed by atoms with Gasteiger partial charge in [-0.25, -0.2) is 18.4 Å². The Balaban J connectivity index is 1.04. The highest BCUT2D eigenvalue weighted by Gasteiger charge is 2.29. The first-order valence-electron chi connectivity index (χ1n) is 13.7. The zero-order valence-corrected chi connectivity index (χ0v) is 26.5. The molecule has 4 aromatic heterocycles. The molecule has 0 saturated carbocycles. The summed E-state index contributed by atoms with van der Waals surface area (Å²) in [7, 11) is -0.500. The topological polar surface area (TPSA) is 148 Å². The Hall–Kier alpha value is -4.69. The maximum atomic E-state index is 13.1. The number of anilines is 1. The van der Waals surface area contributed by atoms with Crippen molar-refractivity contribution in [3.8, 4) is 34.2 Å². The Morgan fingerprint density at radius 1 is 1.07 bits per heavy atom. The number of hydrogen-bond donors (Lipinski definition) is 0. The first-order valence-corrected chi connectivity index (χ1v) is 16.8. The van der Waals surface area contributed by atoms with Crippen LogP contribution in [0, 0.1) is 11.3 Å². The molecule has 230 valence electrons. The van der Waals surface area contributed by atoms with Crippen molar-refractivity contribution in [3.05, 3.63) is 65.3 Å². The summed E-state index contributed by atoms with van der Waals surface area (Å²) in [6, 6.07) is 13.5. The van der Waals surface area contributed by atoms with Crippen LogP contribution in [0.4, 0.5) is 5.13 Å². The van der Waals surface area contributed by atoms with Crippen LogP contribution >= 0.6 is 22.7 Å². The van der Waals surface area contributed by atoms with Gasteiger partial charge in [0.2, 0.25) is 15.0 Å². The third-order valence-electron chi connectivity index (χ3n) is 7.35. The smallest absolute Gasteiger partial charge is 0.294 e. The molecule has 45 heavy (non-hydrogen) atoms. The van der Waals surface area contributed by atoms with Gasteiger partial charge in [0, 0.05) is 43.7 Å². The summed E-state index contributed by atoms with van der Waals surface area (Å²) in [6.45, 7) is 1.88. The zero-order chi connectivity index (χ0) is 31.1. The SMILES string of the molecule is COc1cc(OCc2csc(N3CCN(S(=O)(=O)c4ccc(C#N)cc4)CC3)n2)c2cc(-c3cnc4sc(OC)nn34)oc2c1. The van der Waals surface area contributed by atoms with E-state index in [1.165, 1.54) is 51.2 Å². The Bertz CT molecular complexity index is 2150. The number of furan rings is 1. The number of piperazine rings is 1. The number of benzene rings is 2. The van der Waals surface area contributed by atoms with E-state index in [2.05, 4.69) is 15.0 Å². The summed E-state index contributed by atoms with van der Waals surface area (Å²) < 4.78 is 52.5. The van der Waals surface area contributed by atoms with Gasteiger partial charge in [0.1, 0.15) is 29.4 Å². The number of ether oxygens (including phenoxy) is 3. The molecule has 16 heteroatoms. The van der Waals surface area contributed by atoms with Gasteiger partial charge in [-0.05, 0) is 41.7 Å². The van der Waals surface area contributed by atoms with Crippen LogP contribution in [0.15, 0.2) is 63.4 Å². The molecule has 0 N–H and O–H groups in total. The molecule has 0 spiro atoms. The van der Waals surface area contributed by atoms with Crippen molar-refractivity contribution in [1.29, 1.82) is 5.26 Å². The molecule has 1 saturated heterocycles. The number of rotatable bonds is 9. The van der Waals surface area contributed by atoms with E-state index in [0.717, 1.165) is 16.2 Å². The lowest BCUT2D eigenvalue weighted by Gasteiger charge is -2.33. The molecule has 6 aromatic rings. The minimum atomic E-state index is -3.65. The molecule has 0 amide bonds. The number of imidazole rings is 1. The molecule has 7 rings (SSSR count). The molecule has 1 aliphatic rings. The van der Waals surface area contributed by atoms with E-state index in [4.69, 9.17) is 28.9 Å². The number of fused-ring (bicyclic) bond motifs is 2. The molecule has 0 unspecified atom stereocenters. The normalized spacial score (nSPS) is 14.2. The monoisotopic (exact) mass is 663 g/mol. The van der Waals surface area contributed by atoms with Gasteiger partial charge in [0.25, 0.3) is 5.19 Å². The summed E-state index contributed by atoms with van der Waals surface area (Å²) in [5.41, 5.74) is 2.43. The van der Waals surface area contributed by atoms with Crippen molar-refractivity contribution in [2.75, 3.05) is 45.3 Å². The van der Waals surface area contributed by atoms with Crippen molar-refractivity contribution >= 4 is 53.8 Å². The average Bonchev–Trinajstić information content (AvgIpc) is 3.87. The molecule has 0 aliphatic carbocycles. The predicted molar refractivity (Wildman–Crippen MR) is 168 cm³/mol. The van der Waals surface area contributed by atoms with E-state index in [-0.39, 0.29) is 11.5 Å². The lowest BCUT2D eigenvalue weighted by Crippen LogP contribution is -2.48. The van der Waals surface area contributed by atoms with Crippen molar-refractivity contribution in [2.45, 2.75) is 11.5 Å². The number of thiazole rings is 1. The third-order valence-corrected chi connectivity index (χ3v) is 11.1. The zero-order valence-electron chi connectivity index (χ0n) is 24.0. The molecule has 0 radical (unpaired) electrons. The molecule has 13 nitrogen and oxygen atoms in total. The Morgan fingerprint density at radius 2 is 1.87 bits per heavy atom. The molecular formula is C29H25N7O6S3. The summed E-state index contributed by atoms with van der Waals surface area (Å²) >= 11 is 2.82. The van der Waals surface area contributed by atoms with E-state index in [0.29, 0.717) is 70.4 Å². The fourth-order valence-corrected chi connectivity index (χ4v) is 7.98. The first-order chi connectivity index (χ1) is 21.9. The number of methoxy groups -OCH3 is 2. The number of sulfonamides is 1. The maximum absolute atomic E-state index is 13.1. The minimum absolute atomic E-state index is 0.182. The molecular weight excluding hydrogens is 639 g/mol. The average molecular weight is 664 g/mol. The lowest BCUT2D eigenvalue weighted by molar-refractivity contribution is 0.303. The van der Waals surface area contributed by atoms with Crippen molar-refractivity contribution in [3.63, 3.8) is 0 Å². The van der Waals surface area contributed by atoms with E-state index >= 15 is 0 Å². The van der Waals surface area contributed by atoms with Crippen molar-refractivity contribution in [1.82, 2.24) is 23.9 Å². The molecule has 0 atom stereocenters. The summed E-state index contributed by atoms with van der Waals surface area (Å²) in [6.07, 6.45) is 1.70. The fraction of sp³-hybridized carbons (Fsp3) is 0.241. The van der Waals surface area contributed by atoms with Crippen LogP contribution in [-0.2, 0) is 16.6 Å². The van der Waals surface area contributed by atoms with Gasteiger partial charge in [-0.2, -0.15) is 14.1 Å². The second-order valence-electron chi connectivity index (χ2n) is 10.00. The number of hydrogen-bond acceptors (Lipinski definition) is 13. The summed E-state index contributed by atoms with van der Waals surface area (Å²) in [5.74, 6) is 1.73. The summed E-state index contributed by atoms with van der Waals surface area (Å²) in [4.78, 5) is 12.1. The maximum Gasteiger partial charge on any atom is 0.294 e. The molecule has 1 fully saturated rings. The number of aromatic nitrogens is 4. The van der Waals surface area contributed by atoms with Crippen molar-refractivity contribution < 1.29 is 27.0 Å². The van der Waals surface area contributed by atoms with E-state index in [1.54, 1.807) is 37.1 Å². The van der Waals surface area contributed by atoms with Crippen LogP contribution in [0.1, 0.15) is 11.3 Å². The highest BCUT2D eigenvalue weighted by molar-refractivity contribution is 7.89. The van der Waals surface area contributed by atoms with Crippen molar-refractivity contribution in [2.24, 2.45) is 0 Å². The van der Waals surface area contributed by atoms with Gasteiger partial charge in [-0.1, -0.05) is 0 Å². The van der Waals surface area contributed by atoms with Gasteiger partial charge in [-0.3, -0.25) is 0 Å². The lowest BCUT2D eigenvalue weighted by atomic mass is 10.2. The summed E-state index contributed by atoms with van der Waals surface area (Å²) in [5, 5.41) is 17.4. The second kappa shape index (κ2) is 11.7. The van der Waals surface area contributed by atoms with Gasteiger partial charge in [-0.15, -0.1) is 16.4 Å².